The molecule has 4 heteroatoms. The van der Waals surface area contributed by atoms with E-state index >= 15 is 0 Å². The lowest BCUT2D eigenvalue weighted by atomic mass is 10.0. The molecule has 16 heavy (non-hydrogen) atoms. The van der Waals surface area contributed by atoms with Crippen LogP contribution in [0.2, 0.25) is 0 Å². The van der Waals surface area contributed by atoms with E-state index in [-0.39, 0.29) is 5.97 Å². The largest absolute Gasteiger partial charge is 0.466 e. The lowest BCUT2D eigenvalue weighted by molar-refractivity contribution is -0.143. The summed E-state index contributed by atoms with van der Waals surface area (Å²) in [6.45, 7) is 5.46. The van der Waals surface area contributed by atoms with Crippen LogP contribution in [0.15, 0.2) is 0 Å². The summed E-state index contributed by atoms with van der Waals surface area (Å²) in [6.07, 6.45) is 2.92. The number of rotatable bonds is 5. The third-order valence-corrected chi connectivity index (χ3v) is 3.29. The molecule has 1 rings (SSSR count). The van der Waals surface area contributed by atoms with Gasteiger partial charge in [-0.15, -0.1) is 0 Å². The fraction of sp³-hybridized carbons (Fsp3) is 0.917. The van der Waals surface area contributed by atoms with E-state index in [9.17, 15) is 4.79 Å². The molecule has 94 valence electrons. The highest BCUT2D eigenvalue weighted by Crippen LogP contribution is 2.14. The first-order valence-electron chi connectivity index (χ1n) is 6.18. The monoisotopic (exact) mass is 228 g/mol. The Kier molecular flexibility index (Phi) is 5.77. The maximum absolute atomic E-state index is 11.2. The standard InChI is InChI=1S/C12H24N2O2/c1-4-16-12(15)7-10-14(3)11-5-8-13(2)9-6-11/h11H,4-10H2,1-3H3. The molecule has 0 radical (unpaired) electrons. The van der Waals surface area contributed by atoms with Gasteiger partial charge in [-0.1, -0.05) is 0 Å². The predicted octanol–water partition coefficient (Wildman–Crippen LogP) is 0.966. The summed E-state index contributed by atoms with van der Waals surface area (Å²) >= 11 is 0. The van der Waals surface area contributed by atoms with Crippen LogP contribution in [0.4, 0.5) is 0 Å². The molecule has 0 unspecified atom stereocenters. The zero-order valence-electron chi connectivity index (χ0n) is 10.7. The molecule has 0 aliphatic carbocycles. The summed E-state index contributed by atoms with van der Waals surface area (Å²) in [5, 5.41) is 0. The zero-order valence-corrected chi connectivity index (χ0v) is 10.7. The van der Waals surface area contributed by atoms with E-state index in [2.05, 4.69) is 23.9 Å². The molecule has 0 aromatic rings. The molecular formula is C12H24N2O2. The van der Waals surface area contributed by atoms with Crippen LogP contribution in [0, 0.1) is 0 Å². The minimum Gasteiger partial charge on any atom is -0.466 e. The van der Waals surface area contributed by atoms with E-state index < -0.39 is 0 Å². The second kappa shape index (κ2) is 6.86. The number of carbonyl (C=O) groups is 1. The van der Waals surface area contributed by atoms with Crippen LogP contribution in [-0.4, -0.2) is 62.1 Å². The Morgan fingerprint density at radius 1 is 1.44 bits per heavy atom. The smallest absolute Gasteiger partial charge is 0.307 e. The van der Waals surface area contributed by atoms with Gasteiger partial charge in [0.05, 0.1) is 13.0 Å². The number of hydrogen-bond acceptors (Lipinski definition) is 4. The first kappa shape index (κ1) is 13.5. The van der Waals surface area contributed by atoms with Crippen LogP contribution < -0.4 is 0 Å². The van der Waals surface area contributed by atoms with Gasteiger partial charge in [-0.05, 0) is 47.0 Å². The molecule has 1 saturated heterocycles. The number of hydrogen-bond donors (Lipinski definition) is 0. The van der Waals surface area contributed by atoms with Crippen molar-refractivity contribution in [1.82, 2.24) is 9.80 Å². The number of ether oxygens (including phenoxy) is 1. The molecule has 0 aromatic carbocycles. The van der Waals surface area contributed by atoms with E-state index in [1.165, 1.54) is 12.8 Å². The summed E-state index contributed by atoms with van der Waals surface area (Å²) in [4.78, 5) is 15.9. The summed E-state index contributed by atoms with van der Waals surface area (Å²) in [7, 11) is 4.27. The molecule has 0 atom stereocenters. The van der Waals surface area contributed by atoms with Crippen molar-refractivity contribution in [2.45, 2.75) is 32.2 Å². The number of piperidine rings is 1. The molecule has 1 aliphatic rings. The number of carbonyl (C=O) groups excluding carboxylic acids is 1. The van der Waals surface area contributed by atoms with E-state index in [1.807, 2.05) is 6.92 Å². The molecule has 0 aromatic heterocycles. The third kappa shape index (κ3) is 4.49. The van der Waals surface area contributed by atoms with Gasteiger partial charge >= 0.3 is 5.97 Å². The Morgan fingerprint density at radius 2 is 2.06 bits per heavy atom. The molecular weight excluding hydrogens is 204 g/mol. The van der Waals surface area contributed by atoms with Crippen molar-refractivity contribution in [3.8, 4) is 0 Å². The van der Waals surface area contributed by atoms with Crippen LogP contribution >= 0.6 is 0 Å². The minimum atomic E-state index is -0.0812. The van der Waals surface area contributed by atoms with Crippen molar-refractivity contribution in [1.29, 1.82) is 0 Å². The maximum atomic E-state index is 11.2. The fourth-order valence-corrected chi connectivity index (χ4v) is 2.12. The van der Waals surface area contributed by atoms with E-state index in [0.29, 0.717) is 19.1 Å². The normalized spacial score (nSPS) is 19.0. The minimum absolute atomic E-state index is 0.0812. The van der Waals surface area contributed by atoms with Crippen molar-refractivity contribution in [3.05, 3.63) is 0 Å². The average molecular weight is 228 g/mol. The Morgan fingerprint density at radius 3 is 2.62 bits per heavy atom. The van der Waals surface area contributed by atoms with Gasteiger partial charge in [0.15, 0.2) is 0 Å². The summed E-state index contributed by atoms with van der Waals surface area (Å²) in [5.41, 5.74) is 0. The second-order valence-corrected chi connectivity index (χ2v) is 4.57. The Balaban J connectivity index is 2.19. The highest BCUT2D eigenvalue weighted by molar-refractivity contribution is 5.69. The first-order chi connectivity index (χ1) is 7.63. The second-order valence-electron chi connectivity index (χ2n) is 4.57. The van der Waals surface area contributed by atoms with Crippen molar-refractivity contribution >= 4 is 5.97 Å². The van der Waals surface area contributed by atoms with Gasteiger partial charge in [0, 0.05) is 12.6 Å². The van der Waals surface area contributed by atoms with E-state index in [0.717, 1.165) is 19.6 Å². The lowest BCUT2D eigenvalue weighted by Gasteiger charge is -2.34. The molecule has 0 amide bonds. The van der Waals surface area contributed by atoms with Gasteiger partial charge in [0.2, 0.25) is 0 Å². The van der Waals surface area contributed by atoms with Gasteiger partial charge in [0.1, 0.15) is 0 Å². The summed E-state index contributed by atoms with van der Waals surface area (Å²) < 4.78 is 4.92. The van der Waals surface area contributed by atoms with Crippen LogP contribution in [0.3, 0.4) is 0 Å². The quantitative estimate of drug-likeness (QED) is 0.656. The molecule has 1 heterocycles. The lowest BCUT2D eigenvalue weighted by Crippen LogP contribution is -2.42. The predicted molar refractivity (Wildman–Crippen MR) is 64.4 cm³/mol. The average Bonchev–Trinajstić information content (AvgIpc) is 2.27. The van der Waals surface area contributed by atoms with Gasteiger partial charge in [-0.25, -0.2) is 0 Å². The van der Waals surface area contributed by atoms with Crippen molar-refractivity contribution in [2.24, 2.45) is 0 Å². The third-order valence-electron chi connectivity index (χ3n) is 3.29. The molecule has 0 N–H and O–H groups in total. The van der Waals surface area contributed by atoms with Crippen LogP contribution in [0.1, 0.15) is 26.2 Å². The molecule has 4 nitrogen and oxygen atoms in total. The number of likely N-dealkylation sites (tertiary alicyclic amines) is 1. The highest BCUT2D eigenvalue weighted by atomic mass is 16.5. The van der Waals surface area contributed by atoms with Crippen LogP contribution in [0.25, 0.3) is 0 Å². The van der Waals surface area contributed by atoms with Crippen molar-refractivity contribution in [3.63, 3.8) is 0 Å². The Hall–Kier alpha value is -0.610. The SMILES string of the molecule is CCOC(=O)CCN(C)C1CCN(C)CC1. The summed E-state index contributed by atoms with van der Waals surface area (Å²) in [6, 6.07) is 0.630. The molecule has 0 saturated carbocycles. The molecule has 0 spiro atoms. The highest BCUT2D eigenvalue weighted by Gasteiger charge is 2.20. The van der Waals surface area contributed by atoms with E-state index in [4.69, 9.17) is 4.74 Å². The van der Waals surface area contributed by atoms with Gasteiger partial charge < -0.3 is 14.5 Å². The topological polar surface area (TPSA) is 32.8 Å². The molecule has 1 fully saturated rings. The Bertz CT molecular complexity index is 213. The van der Waals surface area contributed by atoms with E-state index in [1.54, 1.807) is 0 Å². The zero-order chi connectivity index (χ0) is 12.0. The van der Waals surface area contributed by atoms with Crippen molar-refractivity contribution < 1.29 is 9.53 Å². The molecule has 1 aliphatic heterocycles. The van der Waals surface area contributed by atoms with Crippen LogP contribution in [-0.2, 0) is 9.53 Å². The number of esters is 1. The number of nitrogens with zero attached hydrogens (tertiary/aromatic N) is 2. The van der Waals surface area contributed by atoms with Gasteiger partial charge in [-0.2, -0.15) is 0 Å². The van der Waals surface area contributed by atoms with Gasteiger partial charge in [0.25, 0.3) is 0 Å². The summed E-state index contributed by atoms with van der Waals surface area (Å²) in [5.74, 6) is -0.0812. The van der Waals surface area contributed by atoms with Crippen LogP contribution in [0.5, 0.6) is 0 Å². The Labute approximate surface area is 98.5 Å². The van der Waals surface area contributed by atoms with Gasteiger partial charge in [-0.3, -0.25) is 4.79 Å². The van der Waals surface area contributed by atoms with Crippen molar-refractivity contribution in [2.75, 3.05) is 40.3 Å². The first-order valence-corrected chi connectivity index (χ1v) is 6.18. The molecule has 0 bridgehead atoms. The maximum Gasteiger partial charge on any atom is 0.307 e. The fourth-order valence-electron chi connectivity index (χ4n) is 2.12.